The Kier molecular flexibility index (Phi) is 4.31. The molecule has 5 heteroatoms. The molecule has 3 aliphatic rings. The van der Waals surface area contributed by atoms with Gasteiger partial charge in [0, 0.05) is 50.9 Å². The second kappa shape index (κ2) is 6.45. The maximum Gasteiger partial charge on any atom is 0.222 e. The lowest BCUT2D eigenvalue weighted by Crippen LogP contribution is -2.50. The summed E-state index contributed by atoms with van der Waals surface area (Å²) in [6, 6.07) is 6.60. The summed E-state index contributed by atoms with van der Waals surface area (Å²) in [5, 5.41) is 0. The number of carbonyl (C=O) groups excluding carboxylic acids is 1. The van der Waals surface area contributed by atoms with Crippen LogP contribution in [0.25, 0.3) is 0 Å². The molecule has 1 aromatic heterocycles. The quantitative estimate of drug-likeness (QED) is 0.852. The predicted octanol–water partition coefficient (Wildman–Crippen LogP) is 2.14. The molecule has 0 aliphatic carbocycles. The van der Waals surface area contributed by atoms with Crippen LogP contribution in [-0.4, -0.2) is 58.6 Å². The molecule has 0 saturated carbocycles. The zero-order chi connectivity index (χ0) is 16.6. The van der Waals surface area contributed by atoms with Crippen molar-refractivity contribution < 1.29 is 9.53 Å². The summed E-state index contributed by atoms with van der Waals surface area (Å²) in [6.07, 6.45) is 4.81. The number of likely N-dealkylation sites (tertiary alicyclic amines) is 2. The standard InChI is InChI=1S/C19H27N3O2/c1-15-4-2-5-16(20-15)13-21-10-8-19(14-21)12-17(7-11-24-19)22-9-3-6-18(22)23/h2,4-5,17H,3,6-14H2,1H3/t17-,19-/m1/s1. The van der Waals surface area contributed by atoms with Gasteiger partial charge in [0.15, 0.2) is 0 Å². The van der Waals surface area contributed by atoms with Crippen LogP contribution >= 0.6 is 0 Å². The summed E-state index contributed by atoms with van der Waals surface area (Å²) >= 11 is 0. The minimum absolute atomic E-state index is 0.0599. The van der Waals surface area contributed by atoms with Gasteiger partial charge in [-0.2, -0.15) is 0 Å². The number of nitrogens with zero attached hydrogens (tertiary/aromatic N) is 3. The fourth-order valence-electron chi connectivity index (χ4n) is 4.59. The molecule has 4 rings (SSSR count). The summed E-state index contributed by atoms with van der Waals surface area (Å²) in [6.45, 7) is 6.66. The van der Waals surface area contributed by atoms with Crippen molar-refractivity contribution >= 4 is 5.91 Å². The monoisotopic (exact) mass is 329 g/mol. The highest BCUT2D eigenvalue weighted by molar-refractivity contribution is 5.78. The largest absolute Gasteiger partial charge is 0.373 e. The Morgan fingerprint density at radius 3 is 3.08 bits per heavy atom. The number of ether oxygens (including phenoxy) is 1. The molecule has 4 heterocycles. The van der Waals surface area contributed by atoms with Gasteiger partial charge in [0.25, 0.3) is 0 Å². The number of aryl methyl sites for hydroxylation is 1. The second-order valence-electron chi connectivity index (χ2n) is 7.60. The van der Waals surface area contributed by atoms with Crippen molar-refractivity contribution in [2.45, 2.75) is 57.2 Å². The molecule has 0 radical (unpaired) electrons. The van der Waals surface area contributed by atoms with Crippen molar-refractivity contribution in [2.75, 3.05) is 26.2 Å². The van der Waals surface area contributed by atoms with Crippen molar-refractivity contribution in [2.24, 2.45) is 0 Å². The summed E-state index contributed by atoms with van der Waals surface area (Å²) in [5.41, 5.74) is 2.15. The van der Waals surface area contributed by atoms with Gasteiger partial charge in [-0.25, -0.2) is 0 Å². The van der Waals surface area contributed by atoms with Crippen LogP contribution in [0, 0.1) is 6.92 Å². The van der Waals surface area contributed by atoms with Crippen molar-refractivity contribution in [1.82, 2.24) is 14.8 Å². The zero-order valence-corrected chi connectivity index (χ0v) is 14.5. The van der Waals surface area contributed by atoms with Gasteiger partial charge in [-0.15, -0.1) is 0 Å². The van der Waals surface area contributed by atoms with E-state index < -0.39 is 0 Å². The van der Waals surface area contributed by atoms with Gasteiger partial charge in [-0.05, 0) is 44.7 Å². The molecule has 0 unspecified atom stereocenters. The smallest absolute Gasteiger partial charge is 0.222 e. The van der Waals surface area contributed by atoms with Crippen molar-refractivity contribution in [3.63, 3.8) is 0 Å². The molecule has 1 spiro atoms. The normalized spacial score (nSPS) is 31.3. The third-order valence-electron chi connectivity index (χ3n) is 5.74. The summed E-state index contributed by atoms with van der Waals surface area (Å²) in [4.78, 5) is 21.3. The molecule has 24 heavy (non-hydrogen) atoms. The summed E-state index contributed by atoms with van der Waals surface area (Å²) in [7, 11) is 0. The van der Waals surface area contributed by atoms with Gasteiger partial charge in [0.05, 0.1) is 11.3 Å². The molecule has 2 atom stereocenters. The highest BCUT2D eigenvalue weighted by atomic mass is 16.5. The van der Waals surface area contributed by atoms with E-state index in [-0.39, 0.29) is 5.60 Å². The van der Waals surface area contributed by atoms with Crippen LogP contribution < -0.4 is 0 Å². The van der Waals surface area contributed by atoms with Gasteiger partial charge in [0.1, 0.15) is 0 Å². The number of hydrogen-bond donors (Lipinski definition) is 0. The number of amides is 1. The van der Waals surface area contributed by atoms with Crippen LogP contribution in [0.15, 0.2) is 18.2 Å². The van der Waals surface area contributed by atoms with E-state index in [2.05, 4.69) is 26.9 Å². The molecular weight excluding hydrogens is 302 g/mol. The summed E-state index contributed by atoms with van der Waals surface area (Å²) in [5.74, 6) is 0.343. The fourth-order valence-corrected chi connectivity index (χ4v) is 4.59. The Labute approximate surface area is 144 Å². The second-order valence-corrected chi connectivity index (χ2v) is 7.60. The van der Waals surface area contributed by atoms with E-state index in [0.29, 0.717) is 11.9 Å². The highest BCUT2D eigenvalue weighted by Gasteiger charge is 2.45. The van der Waals surface area contributed by atoms with Crippen molar-refractivity contribution in [3.05, 3.63) is 29.6 Å². The Bertz CT molecular complexity index is 620. The van der Waals surface area contributed by atoms with Gasteiger partial charge in [-0.1, -0.05) is 6.07 Å². The first kappa shape index (κ1) is 16.0. The van der Waals surface area contributed by atoms with Crippen LogP contribution in [0.1, 0.15) is 43.5 Å². The number of aromatic nitrogens is 1. The maximum absolute atomic E-state index is 12.1. The van der Waals surface area contributed by atoms with Gasteiger partial charge < -0.3 is 9.64 Å². The lowest BCUT2D eigenvalue weighted by Gasteiger charge is -2.41. The average Bonchev–Trinajstić information content (AvgIpc) is 3.14. The molecule has 0 aromatic carbocycles. The van der Waals surface area contributed by atoms with E-state index in [9.17, 15) is 4.79 Å². The minimum atomic E-state index is -0.0599. The Balaban J connectivity index is 1.40. The molecule has 130 valence electrons. The molecule has 1 aromatic rings. The number of rotatable bonds is 3. The molecule has 0 N–H and O–H groups in total. The predicted molar refractivity (Wildman–Crippen MR) is 91.5 cm³/mol. The van der Waals surface area contributed by atoms with E-state index in [1.807, 2.05) is 13.0 Å². The average molecular weight is 329 g/mol. The lowest BCUT2D eigenvalue weighted by atomic mass is 9.89. The number of hydrogen-bond acceptors (Lipinski definition) is 4. The molecule has 1 amide bonds. The van der Waals surface area contributed by atoms with E-state index >= 15 is 0 Å². The van der Waals surface area contributed by atoms with Crippen LogP contribution in [0.2, 0.25) is 0 Å². The maximum atomic E-state index is 12.1. The third kappa shape index (κ3) is 3.20. The Morgan fingerprint density at radius 2 is 2.29 bits per heavy atom. The summed E-state index contributed by atoms with van der Waals surface area (Å²) < 4.78 is 6.24. The van der Waals surface area contributed by atoms with Crippen LogP contribution in [0.4, 0.5) is 0 Å². The lowest BCUT2D eigenvalue weighted by molar-refractivity contribution is -0.137. The van der Waals surface area contributed by atoms with Gasteiger partial charge >= 0.3 is 0 Å². The van der Waals surface area contributed by atoms with E-state index in [4.69, 9.17) is 4.74 Å². The van der Waals surface area contributed by atoms with Gasteiger partial charge in [0.2, 0.25) is 5.91 Å². The van der Waals surface area contributed by atoms with Crippen LogP contribution in [0.5, 0.6) is 0 Å². The van der Waals surface area contributed by atoms with Gasteiger partial charge in [-0.3, -0.25) is 14.7 Å². The van der Waals surface area contributed by atoms with E-state index in [1.165, 1.54) is 0 Å². The van der Waals surface area contributed by atoms with E-state index in [0.717, 1.165) is 76.3 Å². The molecule has 3 saturated heterocycles. The molecule has 3 fully saturated rings. The highest BCUT2D eigenvalue weighted by Crippen LogP contribution is 2.37. The topological polar surface area (TPSA) is 45.7 Å². The Morgan fingerprint density at radius 1 is 1.38 bits per heavy atom. The molecule has 5 nitrogen and oxygen atoms in total. The molecule has 0 bridgehead atoms. The molecule has 3 aliphatic heterocycles. The van der Waals surface area contributed by atoms with Crippen molar-refractivity contribution in [1.29, 1.82) is 0 Å². The third-order valence-corrected chi connectivity index (χ3v) is 5.74. The number of pyridine rings is 1. The first-order chi connectivity index (χ1) is 11.6. The van der Waals surface area contributed by atoms with Crippen molar-refractivity contribution in [3.8, 4) is 0 Å². The SMILES string of the molecule is Cc1cccc(CN2CC[C@@]3(C[C@H](N4CCCC4=O)CCO3)C2)n1. The zero-order valence-electron chi connectivity index (χ0n) is 14.5. The fraction of sp³-hybridized carbons (Fsp3) is 0.684. The van der Waals surface area contributed by atoms with Crippen LogP contribution in [-0.2, 0) is 16.1 Å². The Hall–Kier alpha value is -1.46. The number of carbonyl (C=O) groups is 1. The minimum Gasteiger partial charge on any atom is -0.373 e. The van der Waals surface area contributed by atoms with Crippen LogP contribution in [0.3, 0.4) is 0 Å². The first-order valence-electron chi connectivity index (χ1n) is 9.22. The molecular formula is C19H27N3O2. The van der Waals surface area contributed by atoms with E-state index in [1.54, 1.807) is 0 Å². The first-order valence-corrected chi connectivity index (χ1v) is 9.22.